The van der Waals surface area contributed by atoms with Gasteiger partial charge in [-0.15, -0.1) is 11.3 Å². The van der Waals surface area contributed by atoms with Gasteiger partial charge in [0.2, 0.25) is 0 Å². The van der Waals surface area contributed by atoms with Gasteiger partial charge in [0, 0.05) is 11.4 Å². The first-order chi connectivity index (χ1) is 10.2. The highest BCUT2D eigenvalue weighted by Gasteiger charge is 2.15. The van der Waals surface area contributed by atoms with E-state index in [0.29, 0.717) is 6.54 Å². The number of aryl methyl sites for hydroxylation is 1. The molecule has 2 heterocycles. The number of nitrogens with one attached hydrogen (secondary N) is 1. The van der Waals surface area contributed by atoms with E-state index in [1.165, 1.54) is 16.0 Å². The predicted octanol–water partition coefficient (Wildman–Crippen LogP) is 3.46. The molecule has 0 radical (unpaired) electrons. The molecule has 3 aromatic rings. The standard InChI is InChI=1S/C16H17N3OS/c1-10(20)8-17-15-13-11(2)14(12-6-4-3-5-7-12)21-16(13)19-9-18-15/h3-7,9-10,20H,8H2,1-2H3,(H,17,18,19). The molecule has 1 atom stereocenters. The third-order valence-electron chi connectivity index (χ3n) is 3.33. The second-order valence-corrected chi connectivity index (χ2v) is 6.05. The lowest BCUT2D eigenvalue weighted by Crippen LogP contribution is -2.16. The van der Waals surface area contributed by atoms with Gasteiger partial charge in [-0.2, -0.15) is 0 Å². The largest absolute Gasteiger partial charge is 0.392 e. The summed E-state index contributed by atoms with van der Waals surface area (Å²) >= 11 is 1.67. The van der Waals surface area contributed by atoms with Gasteiger partial charge in [0.15, 0.2) is 0 Å². The van der Waals surface area contributed by atoms with Crippen molar-refractivity contribution in [1.29, 1.82) is 0 Å². The summed E-state index contributed by atoms with van der Waals surface area (Å²) in [5, 5.41) is 13.7. The van der Waals surface area contributed by atoms with Crippen molar-refractivity contribution in [3.05, 3.63) is 42.2 Å². The number of aliphatic hydroxyl groups excluding tert-OH is 1. The van der Waals surface area contributed by atoms with Gasteiger partial charge in [-0.1, -0.05) is 30.3 Å². The van der Waals surface area contributed by atoms with E-state index < -0.39 is 6.10 Å². The molecule has 2 N–H and O–H groups in total. The summed E-state index contributed by atoms with van der Waals surface area (Å²) in [4.78, 5) is 10.9. The summed E-state index contributed by atoms with van der Waals surface area (Å²) in [5.74, 6) is 0.789. The van der Waals surface area contributed by atoms with Crippen LogP contribution in [0.1, 0.15) is 12.5 Å². The number of fused-ring (bicyclic) bond motifs is 1. The van der Waals surface area contributed by atoms with E-state index in [0.717, 1.165) is 16.0 Å². The Balaban J connectivity index is 2.10. The first-order valence-electron chi connectivity index (χ1n) is 6.88. The number of hydrogen-bond donors (Lipinski definition) is 2. The molecule has 0 fully saturated rings. The summed E-state index contributed by atoms with van der Waals surface area (Å²) in [7, 11) is 0. The fourth-order valence-electron chi connectivity index (χ4n) is 2.31. The molecule has 0 aliphatic heterocycles. The van der Waals surface area contributed by atoms with Crippen LogP contribution in [0.4, 0.5) is 5.82 Å². The summed E-state index contributed by atoms with van der Waals surface area (Å²) < 4.78 is 0. The van der Waals surface area contributed by atoms with E-state index in [-0.39, 0.29) is 0 Å². The highest BCUT2D eigenvalue weighted by molar-refractivity contribution is 7.22. The van der Waals surface area contributed by atoms with E-state index in [9.17, 15) is 5.11 Å². The molecule has 2 aromatic heterocycles. The average molecular weight is 299 g/mol. The van der Waals surface area contributed by atoms with Crippen molar-refractivity contribution in [2.24, 2.45) is 0 Å². The van der Waals surface area contributed by atoms with Gasteiger partial charge in [0.1, 0.15) is 17.0 Å². The Hall–Kier alpha value is -1.98. The number of anilines is 1. The maximum atomic E-state index is 9.43. The third-order valence-corrected chi connectivity index (χ3v) is 4.58. The first-order valence-corrected chi connectivity index (χ1v) is 7.70. The lowest BCUT2D eigenvalue weighted by atomic mass is 10.1. The fourth-order valence-corrected chi connectivity index (χ4v) is 3.47. The summed E-state index contributed by atoms with van der Waals surface area (Å²) in [6.45, 7) is 4.32. The number of rotatable bonds is 4. The number of aromatic nitrogens is 2. The maximum Gasteiger partial charge on any atom is 0.138 e. The van der Waals surface area contributed by atoms with Crippen LogP contribution in [0.2, 0.25) is 0 Å². The van der Waals surface area contributed by atoms with Gasteiger partial charge < -0.3 is 10.4 Å². The van der Waals surface area contributed by atoms with Gasteiger partial charge in [-0.25, -0.2) is 9.97 Å². The zero-order valence-electron chi connectivity index (χ0n) is 12.0. The summed E-state index contributed by atoms with van der Waals surface area (Å²) in [6.07, 6.45) is 1.15. The molecule has 0 saturated heterocycles. The molecule has 5 heteroatoms. The number of benzene rings is 1. The van der Waals surface area contributed by atoms with E-state index >= 15 is 0 Å². The third kappa shape index (κ3) is 2.75. The maximum absolute atomic E-state index is 9.43. The van der Waals surface area contributed by atoms with Crippen LogP contribution in [-0.4, -0.2) is 27.7 Å². The van der Waals surface area contributed by atoms with E-state index in [1.807, 2.05) is 18.2 Å². The van der Waals surface area contributed by atoms with Gasteiger partial charge >= 0.3 is 0 Å². The molecule has 0 bridgehead atoms. The Kier molecular flexibility index (Phi) is 3.86. The molecule has 1 aromatic carbocycles. The lowest BCUT2D eigenvalue weighted by molar-refractivity contribution is 0.208. The van der Waals surface area contributed by atoms with Gasteiger partial charge in [0.05, 0.1) is 11.5 Å². The Morgan fingerprint density at radius 3 is 2.71 bits per heavy atom. The second kappa shape index (κ2) is 5.79. The van der Waals surface area contributed by atoms with Crippen LogP contribution in [0.3, 0.4) is 0 Å². The topological polar surface area (TPSA) is 58.0 Å². The minimum atomic E-state index is -0.414. The lowest BCUT2D eigenvalue weighted by Gasteiger charge is -2.08. The van der Waals surface area contributed by atoms with Crippen LogP contribution >= 0.6 is 11.3 Å². The molecule has 0 aliphatic carbocycles. The zero-order chi connectivity index (χ0) is 14.8. The Labute approximate surface area is 127 Å². The van der Waals surface area contributed by atoms with Crippen molar-refractivity contribution in [1.82, 2.24) is 9.97 Å². The highest BCUT2D eigenvalue weighted by atomic mass is 32.1. The monoisotopic (exact) mass is 299 g/mol. The van der Waals surface area contributed by atoms with Gasteiger partial charge in [0.25, 0.3) is 0 Å². The van der Waals surface area contributed by atoms with Crippen molar-refractivity contribution in [2.45, 2.75) is 20.0 Å². The van der Waals surface area contributed by atoms with Crippen LogP contribution in [0.15, 0.2) is 36.7 Å². The van der Waals surface area contributed by atoms with Crippen LogP contribution in [-0.2, 0) is 0 Å². The molecule has 108 valence electrons. The minimum absolute atomic E-state index is 0.414. The molecule has 0 amide bonds. The van der Waals surface area contributed by atoms with Crippen LogP contribution in [0.25, 0.3) is 20.7 Å². The van der Waals surface area contributed by atoms with Crippen molar-refractivity contribution in [3.63, 3.8) is 0 Å². The molecular weight excluding hydrogens is 282 g/mol. The molecule has 1 unspecified atom stereocenters. The summed E-state index contributed by atoms with van der Waals surface area (Å²) in [6, 6.07) is 10.3. The number of thiophene rings is 1. The smallest absolute Gasteiger partial charge is 0.138 e. The quantitative estimate of drug-likeness (QED) is 0.774. The first kappa shape index (κ1) is 14.0. The Morgan fingerprint density at radius 1 is 1.24 bits per heavy atom. The molecule has 21 heavy (non-hydrogen) atoms. The Morgan fingerprint density at radius 2 is 2.00 bits per heavy atom. The van der Waals surface area contributed by atoms with Crippen LogP contribution in [0.5, 0.6) is 0 Å². The molecule has 4 nitrogen and oxygen atoms in total. The minimum Gasteiger partial charge on any atom is -0.392 e. The number of nitrogens with zero attached hydrogens (tertiary/aromatic N) is 2. The zero-order valence-corrected chi connectivity index (χ0v) is 12.8. The van der Waals surface area contributed by atoms with Crippen LogP contribution < -0.4 is 5.32 Å². The van der Waals surface area contributed by atoms with Crippen molar-refractivity contribution >= 4 is 27.4 Å². The number of hydrogen-bond acceptors (Lipinski definition) is 5. The fraction of sp³-hybridized carbons (Fsp3) is 0.250. The molecule has 0 saturated carbocycles. The summed E-state index contributed by atoms with van der Waals surface area (Å²) in [5.41, 5.74) is 2.37. The second-order valence-electron chi connectivity index (χ2n) is 5.05. The average Bonchev–Trinajstić information content (AvgIpc) is 2.84. The highest BCUT2D eigenvalue weighted by Crippen LogP contribution is 2.39. The molecule has 0 spiro atoms. The van der Waals surface area contributed by atoms with E-state index in [4.69, 9.17) is 0 Å². The SMILES string of the molecule is Cc1c(-c2ccccc2)sc2ncnc(NCC(C)O)c12. The van der Waals surface area contributed by atoms with Crippen molar-refractivity contribution in [3.8, 4) is 10.4 Å². The predicted molar refractivity (Wildman–Crippen MR) is 87.8 cm³/mol. The number of aliphatic hydroxyl groups is 1. The van der Waals surface area contributed by atoms with Gasteiger partial charge in [-0.3, -0.25) is 0 Å². The van der Waals surface area contributed by atoms with E-state index in [2.05, 4.69) is 34.3 Å². The van der Waals surface area contributed by atoms with Crippen molar-refractivity contribution in [2.75, 3.05) is 11.9 Å². The molecule has 0 aliphatic rings. The Bertz CT molecular complexity index is 753. The molecule has 3 rings (SSSR count). The van der Waals surface area contributed by atoms with E-state index in [1.54, 1.807) is 24.6 Å². The molecular formula is C16H17N3OS. The van der Waals surface area contributed by atoms with Crippen molar-refractivity contribution < 1.29 is 5.11 Å². The van der Waals surface area contributed by atoms with Crippen LogP contribution in [0, 0.1) is 6.92 Å². The van der Waals surface area contributed by atoms with Gasteiger partial charge in [-0.05, 0) is 25.0 Å². The normalized spacial score (nSPS) is 12.5.